The lowest BCUT2D eigenvalue weighted by Crippen LogP contribution is -2.45. The van der Waals surface area contributed by atoms with Gasteiger partial charge in [-0.15, -0.1) is 0 Å². The van der Waals surface area contributed by atoms with E-state index in [9.17, 15) is 0 Å². The Labute approximate surface area is 64.8 Å². The Morgan fingerprint density at radius 1 is 1.82 bits per heavy atom. The zero-order valence-electron chi connectivity index (χ0n) is 6.12. The van der Waals surface area contributed by atoms with Gasteiger partial charge < -0.3 is 21.9 Å². The van der Waals surface area contributed by atoms with Gasteiger partial charge in [-0.1, -0.05) is 0 Å². The smallest absolute Gasteiger partial charge is 0.145 e. The number of hydrogen-bond donors (Lipinski definition) is 4. The summed E-state index contributed by atoms with van der Waals surface area (Å²) < 4.78 is 0. The van der Waals surface area contributed by atoms with Gasteiger partial charge in [0.25, 0.3) is 0 Å². The molecular formula is C6H12N4O. The summed E-state index contributed by atoms with van der Waals surface area (Å²) in [6.07, 6.45) is 0.903. The molecule has 0 aromatic carbocycles. The Kier molecular flexibility index (Phi) is 2.32. The Balaban J connectivity index is 2.69. The van der Waals surface area contributed by atoms with Gasteiger partial charge in [-0.2, -0.15) is 0 Å². The van der Waals surface area contributed by atoms with Gasteiger partial charge in [0.2, 0.25) is 0 Å². The summed E-state index contributed by atoms with van der Waals surface area (Å²) in [6.45, 7) is 1.05. The molecule has 0 aromatic rings. The van der Waals surface area contributed by atoms with Crippen molar-refractivity contribution in [3.05, 3.63) is 12.0 Å². The molecule has 0 saturated heterocycles. The van der Waals surface area contributed by atoms with Crippen LogP contribution in [0, 0.1) is 0 Å². The molecule has 1 heterocycles. The van der Waals surface area contributed by atoms with Crippen molar-refractivity contribution in [1.82, 2.24) is 5.32 Å². The first-order chi connectivity index (χ1) is 5.27. The van der Waals surface area contributed by atoms with E-state index in [1.54, 1.807) is 0 Å². The van der Waals surface area contributed by atoms with Crippen LogP contribution in [0.3, 0.4) is 0 Å². The first kappa shape index (κ1) is 7.87. The maximum atomic E-state index is 8.65. The van der Waals surface area contributed by atoms with E-state index in [1.165, 1.54) is 0 Å². The molecule has 5 heteroatoms. The highest BCUT2D eigenvalue weighted by atomic mass is 16.2. The molecule has 0 saturated carbocycles. The molecule has 1 rings (SSSR count). The molecule has 11 heavy (non-hydrogen) atoms. The topological polar surface area (TPSA) is 96.7 Å². The Morgan fingerprint density at radius 2 is 2.55 bits per heavy atom. The van der Waals surface area contributed by atoms with Gasteiger partial charge in [0.15, 0.2) is 0 Å². The number of nitrogens with two attached hydrogens (primary N) is 2. The molecule has 1 aliphatic rings. The van der Waals surface area contributed by atoms with Gasteiger partial charge >= 0.3 is 0 Å². The van der Waals surface area contributed by atoms with E-state index in [2.05, 4.69) is 10.3 Å². The SMILES string of the molecule is NCC1CN=C(N)C(=CO)N1. The molecular weight excluding hydrogens is 144 g/mol. The molecule has 1 aliphatic heterocycles. The van der Waals surface area contributed by atoms with Gasteiger partial charge in [-0.25, -0.2) is 0 Å². The quantitative estimate of drug-likeness (QED) is 0.354. The number of hydrogen-bond acceptors (Lipinski definition) is 5. The highest BCUT2D eigenvalue weighted by Gasteiger charge is 2.15. The zero-order valence-corrected chi connectivity index (χ0v) is 6.12. The van der Waals surface area contributed by atoms with E-state index >= 15 is 0 Å². The molecule has 5 nitrogen and oxygen atoms in total. The van der Waals surface area contributed by atoms with Crippen molar-refractivity contribution in [1.29, 1.82) is 0 Å². The second kappa shape index (κ2) is 3.25. The molecule has 0 amide bonds. The van der Waals surface area contributed by atoms with Crippen LogP contribution in [-0.2, 0) is 0 Å². The van der Waals surface area contributed by atoms with Crippen LogP contribution in [0.25, 0.3) is 0 Å². The van der Waals surface area contributed by atoms with Crippen LogP contribution in [0.1, 0.15) is 0 Å². The minimum Gasteiger partial charge on any atom is -0.513 e. The summed E-state index contributed by atoms with van der Waals surface area (Å²) in [4.78, 5) is 3.96. The fraction of sp³-hybridized carbons (Fsp3) is 0.500. The molecule has 0 aromatic heterocycles. The summed E-state index contributed by atoms with van der Waals surface area (Å²) in [5, 5.41) is 11.6. The van der Waals surface area contributed by atoms with E-state index < -0.39 is 0 Å². The Hall–Kier alpha value is -1.23. The number of aliphatic hydroxyl groups is 1. The van der Waals surface area contributed by atoms with E-state index in [-0.39, 0.29) is 6.04 Å². The van der Waals surface area contributed by atoms with Gasteiger partial charge in [-0.3, -0.25) is 4.99 Å². The van der Waals surface area contributed by atoms with Crippen molar-refractivity contribution < 1.29 is 5.11 Å². The molecule has 6 N–H and O–H groups in total. The summed E-state index contributed by atoms with van der Waals surface area (Å²) in [7, 11) is 0. The predicted molar refractivity (Wildman–Crippen MR) is 43.2 cm³/mol. The third-order valence-corrected chi connectivity index (χ3v) is 1.53. The maximum Gasteiger partial charge on any atom is 0.145 e. The lowest BCUT2D eigenvalue weighted by molar-refractivity contribution is 0.456. The van der Waals surface area contributed by atoms with Gasteiger partial charge in [-0.05, 0) is 0 Å². The minimum atomic E-state index is 0.0840. The van der Waals surface area contributed by atoms with Crippen molar-refractivity contribution in [2.24, 2.45) is 16.5 Å². The van der Waals surface area contributed by atoms with Crippen LogP contribution in [0.2, 0.25) is 0 Å². The third kappa shape index (κ3) is 1.62. The highest BCUT2D eigenvalue weighted by molar-refractivity contribution is 5.96. The summed E-state index contributed by atoms with van der Waals surface area (Å²) in [5.41, 5.74) is 11.3. The standard InChI is InChI=1S/C6H12N4O/c7-1-4-2-9-6(8)5(3-11)10-4/h3-4,10-11H,1-2,7H2,(H2,8,9). The normalized spacial score (nSPS) is 27.9. The number of nitrogens with one attached hydrogen (secondary N) is 1. The third-order valence-electron chi connectivity index (χ3n) is 1.53. The molecule has 0 aliphatic carbocycles. The molecule has 1 unspecified atom stereocenters. The number of aliphatic hydroxyl groups excluding tert-OH is 1. The lowest BCUT2D eigenvalue weighted by atomic mass is 10.2. The van der Waals surface area contributed by atoms with Crippen molar-refractivity contribution in [2.45, 2.75) is 6.04 Å². The summed E-state index contributed by atoms with van der Waals surface area (Å²) >= 11 is 0. The average molecular weight is 156 g/mol. The summed E-state index contributed by atoms with van der Waals surface area (Å²) in [6, 6.07) is 0.0840. The van der Waals surface area contributed by atoms with Crippen molar-refractivity contribution in [2.75, 3.05) is 13.1 Å². The van der Waals surface area contributed by atoms with Crippen molar-refractivity contribution >= 4 is 5.84 Å². The summed E-state index contributed by atoms with van der Waals surface area (Å²) in [5.74, 6) is 0.331. The molecule has 0 spiro atoms. The lowest BCUT2D eigenvalue weighted by Gasteiger charge is -2.22. The Bertz CT molecular complexity index is 199. The molecule has 0 radical (unpaired) electrons. The Morgan fingerprint density at radius 3 is 3.09 bits per heavy atom. The van der Waals surface area contributed by atoms with E-state index in [0.717, 1.165) is 6.26 Å². The second-order valence-corrected chi connectivity index (χ2v) is 2.35. The average Bonchev–Trinajstić information content (AvgIpc) is 2.05. The first-order valence-corrected chi connectivity index (χ1v) is 3.39. The predicted octanol–water partition coefficient (Wildman–Crippen LogP) is -1.33. The maximum absolute atomic E-state index is 8.65. The largest absolute Gasteiger partial charge is 0.513 e. The van der Waals surface area contributed by atoms with Crippen LogP contribution in [0.15, 0.2) is 17.0 Å². The first-order valence-electron chi connectivity index (χ1n) is 3.39. The molecule has 62 valence electrons. The fourth-order valence-corrected chi connectivity index (χ4v) is 0.870. The molecule has 0 fully saturated rings. The van der Waals surface area contributed by atoms with E-state index in [0.29, 0.717) is 24.6 Å². The van der Waals surface area contributed by atoms with Crippen LogP contribution in [-0.4, -0.2) is 30.1 Å². The van der Waals surface area contributed by atoms with Gasteiger partial charge in [0, 0.05) is 6.54 Å². The van der Waals surface area contributed by atoms with E-state index in [4.69, 9.17) is 16.6 Å². The van der Waals surface area contributed by atoms with Crippen LogP contribution >= 0.6 is 0 Å². The molecule has 0 bridgehead atoms. The fourth-order valence-electron chi connectivity index (χ4n) is 0.870. The van der Waals surface area contributed by atoms with Crippen LogP contribution in [0.5, 0.6) is 0 Å². The zero-order chi connectivity index (χ0) is 8.27. The second-order valence-electron chi connectivity index (χ2n) is 2.35. The van der Waals surface area contributed by atoms with Crippen molar-refractivity contribution in [3.8, 4) is 0 Å². The highest BCUT2D eigenvalue weighted by Crippen LogP contribution is 1.99. The number of aliphatic imine (C=N–C) groups is 1. The van der Waals surface area contributed by atoms with E-state index in [1.807, 2.05) is 0 Å². The van der Waals surface area contributed by atoms with Crippen LogP contribution < -0.4 is 16.8 Å². The van der Waals surface area contributed by atoms with Gasteiger partial charge in [0.1, 0.15) is 17.8 Å². The molecule has 1 atom stereocenters. The van der Waals surface area contributed by atoms with Crippen LogP contribution in [0.4, 0.5) is 0 Å². The van der Waals surface area contributed by atoms with Crippen molar-refractivity contribution in [3.63, 3.8) is 0 Å². The number of nitrogens with zero attached hydrogens (tertiary/aromatic N) is 1. The minimum absolute atomic E-state index is 0.0840. The number of rotatable bonds is 1. The monoisotopic (exact) mass is 156 g/mol. The van der Waals surface area contributed by atoms with Gasteiger partial charge in [0.05, 0.1) is 12.6 Å². The number of amidine groups is 1.